The summed E-state index contributed by atoms with van der Waals surface area (Å²) in [5, 5.41) is 0.307. The highest BCUT2D eigenvalue weighted by molar-refractivity contribution is 5.79. The zero-order chi connectivity index (χ0) is 16.3. The molecule has 0 bridgehead atoms. The lowest BCUT2D eigenvalue weighted by Gasteiger charge is -2.14. The molecule has 22 heavy (non-hydrogen) atoms. The molecule has 0 aliphatic heterocycles. The van der Waals surface area contributed by atoms with Crippen LogP contribution < -0.4 is 10.4 Å². The molecule has 0 unspecified atom stereocenters. The summed E-state index contributed by atoms with van der Waals surface area (Å²) in [5.74, 6) is 0. The Morgan fingerprint density at radius 3 is 2.55 bits per heavy atom. The van der Waals surface area contributed by atoms with Crippen LogP contribution in [0, 0.1) is 0 Å². The van der Waals surface area contributed by atoms with Crippen LogP contribution in [0.15, 0.2) is 35.1 Å². The molecule has 1 aromatic heterocycles. The van der Waals surface area contributed by atoms with Crippen LogP contribution in [0.2, 0.25) is 0 Å². The summed E-state index contributed by atoms with van der Waals surface area (Å²) in [5.41, 5.74) is -0.833. The van der Waals surface area contributed by atoms with Crippen molar-refractivity contribution < 1.29 is 18.0 Å². The van der Waals surface area contributed by atoms with Gasteiger partial charge >= 0.3 is 6.18 Å². The van der Waals surface area contributed by atoms with E-state index < -0.39 is 17.3 Å². The minimum atomic E-state index is -4.41. The first-order valence-electron chi connectivity index (χ1n) is 6.80. The molecule has 2 rings (SSSR count). The Labute approximate surface area is 125 Å². The van der Waals surface area contributed by atoms with Crippen molar-refractivity contribution in [2.45, 2.75) is 12.6 Å². The Kier molecular flexibility index (Phi) is 4.75. The van der Waals surface area contributed by atoms with Gasteiger partial charge in [0.2, 0.25) is 0 Å². The van der Waals surface area contributed by atoms with Crippen molar-refractivity contribution in [3.63, 3.8) is 0 Å². The van der Waals surface area contributed by atoms with Crippen molar-refractivity contribution >= 4 is 10.9 Å². The van der Waals surface area contributed by atoms with Gasteiger partial charge in [-0.1, -0.05) is 0 Å². The molecule has 1 aromatic carbocycles. The maximum atomic E-state index is 12.7. The fraction of sp³-hybridized carbons (Fsp3) is 0.400. The van der Waals surface area contributed by atoms with Gasteiger partial charge in [0, 0.05) is 18.0 Å². The average molecular weight is 314 g/mol. The van der Waals surface area contributed by atoms with Crippen molar-refractivity contribution in [2.24, 2.45) is 0 Å². The molecule has 1 heterocycles. The topological polar surface area (TPSA) is 34.5 Å². The summed E-state index contributed by atoms with van der Waals surface area (Å²) in [6, 6.07) is 5.78. The molecule has 0 saturated carbocycles. The number of halogens is 3. The first kappa shape index (κ1) is 16.4. The van der Waals surface area contributed by atoms with Crippen molar-refractivity contribution in [1.82, 2.24) is 9.63 Å². The third-order valence-electron chi connectivity index (χ3n) is 3.15. The minimum Gasteiger partial charge on any atom is -0.410 e. The molecule has 0 aliphatic rings. The lowest BCUT2D eigenvalue weighted by molar-refractivity contribution is -0.137. The zero-order valence-corrected chi connectivity index (χ0v) is 12.4. The van der Waals surface area contributed by atoms with E-state index in [0.717, 1.165) is 23.4 Å². The van der Waals surface area contributed by atoms with E-state index in [4.69, 9.17) is 4.84 Å². The fourth-order valence-electron chi connectivity index (χ4n) is 2.07. The van der Waals surface area contributed by atoms with Crippen molar-refractivity contribution in [2.75, 3.05) is 27.2 Å². The van der Waals surface area contributed by atoms with Gasteiger partial charge in [-0.05, 0) is 44.8 Å². The summed E-state index contributed by atoms with van der Waals surface area (Å²) in [4.78, 5) is 19.2. The number of hydrogen-bond donors (Lipinski definition) is 0. The molecular weight excluding hydrogens is 297 g/mol. The third-order valence-corrected chi connectivity index (χ3v) is 3.15. The van der Waals surface area contributed by atoms with Crippen LogP contribution in [-0.4, -0.2) is 36.9 Å². The summed E-state index contributed by atoms with van der Waals surface area (Å²) < 4.78 is 39.2. The predicted molar refractivity (Wildman–Crippen MR) is 77.8 cm³/mol. The minimum absolute atomic E-state index is 0.304. The van der Waals surface area contributed by atoms with Gasteiger partial charge in [-0.2, -0.15) is 13.2 Å². The molecule has 0 aliphatic carbocycles. The molecule has 4 nitrogen and oxygen atoms in total. The number of alkyl halides is 3. The standard InChI is InChI=1S/C15H17F3N2O2/c1-19(2)8-3-9-22-20-13-6-5-12(15(16,17)18)10-11(13)4-7-14(20)21/h4-7,10H,3,8-9H2,1-2H3. The highest BCUT2D eigenvalue weighted by Crippen LogP contribution is 2.30. The van der Waals surface area contributed by atoms with E-state index in [2.05, 4.69) is 0 Å². The third kappa shape index (κ3) is 3.79. The Bertz CT molecular complexity index is 708. The number of rotatable bonds is 5. The van der Waals surface area contributed by atoms with Crippen molar-refractivity contribution in [3.05, 3.63) is 46.2 Å². The monoisotopic (exact) mass is 314 g/mol. The molecule has 0 fully saturated rings. The van der Waals surface area contributed by atoms with Gasteiger partial charge in [0.15, 0.2) is 0 Å². The van der Waals surface area contributed by atoms with E-state index in [1.807, 2.05) is 19.0 Å². The van der Waals surface area contributed by atoms with Crippen LogP contribution in [0.1, 0.15) is 12.0 Å². The van der Waals surface area contributed by atoms with Gasteiger partial charge < -0.3 is 9.74 Å². The van der Waals surface area contributed by atoms with E-state index in [1.54, 1.807) is 0 Å². The highest BCUT2D eigenvalue weighted by Gasteiger charge is 2.30. The maximum Gasteiger partial charge on any atom is 0.416 e. The van der Waals surface area contributed by atoms with E-state index in [9.17, 15) is 18.0 Å². The van der Waals surface area contributed by atoms with Crippen LogP contribution in [-0.2, 0) is 6.18 Å². The number of pyridine rings is 1. The maximum absolute atomic E-state index is 12.7. The molecule has 0 radical (unpaired) electrons. The van der Waals surface area contributed by atoms with Crippen molar-refractivity contribution in [1.29, 1.82) is 0 Å². The molecule has 120 valence electrons. The lowest BCUT2D eigenvalue weighted by atomic mass is 10.1. The molecule has 0 amide bonds. The summed E-state index contributed by atoms with van der Waals surface area (Å²) in [6.07, 6.45) is -3.71. The first-order chi connectivity index (χ1) is 10.3. The lowest BCUT2D eigenvalue weighted by Crippen LogP contribution is -2.28. The second kappa shape index (κ2) is 6.39. The Morgan fingerprint density at radius 1 is 1.18 bits per heavy atom. The number of fused-ring (bicyclic) bond motifs is 1. The summed E-state index contributed by atoms with van der Waals surface area (Å²) >= 11 is 0. The molecule has 0 spiro atoms. The fourth-order valence-corrected chi connectivity index (χ4v) is 2.07. The van der Waals surface area contributed by atoms with Crippen LogP contribution in [0.3, 0.4) is 0 Å². The Morgan fingerprint density at radius 2 is 1.91 bits per heavy atom. The predicted octanol–water partition coefficient (Wildman–Crippen LogP) is 2.40. The van der Waals surface area contributed by atoms with Gasteiger partial charge in [0.05, 0.1) is 11.1 Å². The summed E-state index contributed by atoms with van der Waals surface area (Å²) in [7, 11) is 3.84. The van der Waals surface area contributed by atoms with Crippen LogP contribution in [0.5, 0.6) is 0 Å². The summed E-state index contributed by atoms with van der Waals surface area (Å²) in [6.45, 7) is 1.09. The van der Waals surface area contributed by atoms with Gasteiger partial charge in [0.1, 0.15) is 6.61 Å². The number of hydrogen-bond acceptors (Lipinski definition) is 3. The number of nitrogens with zero attached hydrogens (tertiary/aromatic N) is 2. The SMILES string of the molecule is CN(C)CCCOn1c(=O)ccc2cc(C(F)(F)F)ccc21. The zero-order valence-electron chi connectivity index (χ0n) is 12.4. The molecular formula is C15H17F3N2O2. The highest BCUT2D eigenvalue weighted by atomic mass is 19.4. The molecule has 0 N–H and O–H groups in total. The van der Waals surface area contributed by atoms with Crippen LogP contribution >= 0.6 is 0 Å². The van der Waals surface area contributed by atoms with E-state index in [1.165, 1.54) is 18.2 Å². The number of benzene rings is 1. The van der Waals surface area contributed by atoms with Crippen molar-refractivity contribution in [3.8, 4) is 0 Å². The van der Waals surface area contributed by atoms with Gasteiger partial charge in [-0.25, -0.2) is 0 Å². The van der Waals surface area contributed by atoms with E-state index >= 15 is 0 Å². The Hall–Kier alpha value is -2.02. The molecule has 0 saturated heterocycles. The Balaban J connectivity index is 2.29. The largest absolute Gasteiger partial charge is 0.416 e. The van der Waals surface area contributed by atoms with Crippen LogP contribution in [0.4, 0.5) is 13.2 Å². The number of aromatic nitrogens is 1. The molecule has 7 heteroatoms. The normalized spacial score (nSPS) is 12.1. The second-order valence-corrected chi connectivity index (χ2v) is 5.23. The van der Waals surface area contributed by atoms with E-state index in [0.29, 0.717) is 23.9 Å². The first-order valence-corrected chi connectivity index (χ1v) is 6.80. The van der Waals surface area contributed by atoms with Crippen LogP contribution in [0.25, 0.3) is 10.9 Å². The average Bonchev–Trinajstić information content (AvgIpc) is 2.43. The van der Waals surface area contributed by atoms with Gasteiger partial charge in [0.25, 0.3) is 5.56 Å². The molecule has 2 aromatic rings. The quantitative estimate of drug-likeness (QED) is 0.795. The molecule has 0 atom stereocenters. The second-order valence-electron chi connectivity index (χ2n) is 5.23. The van der Waals surface area contributed by atoms with Gasteiger partial charge in [-0.15, -0.1) is 4.73 Å². The van der Waals surface area contributed by atoms with E-state index in [-0.39, 0.29) is 0 Å². The van der Waals surface area contributed by atoms with Gasteiger partial charge in [-0.3, -0.25) is 4.79 Å². The smallest absolute Gasteiger partial charge is 0.410 e.